The summed E-state index contributed by atoms with van der Waals surface area (Å²) in [4.78, 5) is 26.9. The number of aromatic nitrogens is 2. The Morgan fingerprint density at radius 1 is 1.25 bits per heavy atom. The van der Waals surface area contributed by atoms with Gasteiger partial charge in [-0.05, 0) is 37.1 Å². The maximum Gasteiger partial charge on any atom is 0.416 e. The fourth-order valence-corrected chi connectivity index (χ4v) is 2.86. The molecule has 0 aliphatic heterocycles. The number of anilines is 1. The van der Waals surface area contributed by atoms with Gasteiger partial charge in [0, 0.05) is 17.7 Å². The minimum atomic E-state index is -4.52. The first-order chi connectivity index (χ1) is 15.2. The molecule has 1 aliphatic rings. The van der Waals surface area contributed by atoms with E-state index in [1.54, 1.807) is 0 Å². The Kier molecular flexibility index (Phi) is 5.51. The van der Waals surface area contributed by atoms with Crippen molar-refractivity contribution in [1.29, 1.82) is 0 Å². The summed E-state index contributed by atoms with van der Waals surface area (Å²) in [5.74, 6) is -1.11. The van der Waals surface area contributed by atoms with Gasteiger partial charge in [0.25, 0.3) is 11.6 Å². The number of benzene rings is 2. The molecule has 3 aromatic rings. The number of halogens is 3. The van der Waals surface area contributed by atoms with Gasteiger partial charge in [-0.1, -0.05) is 17.3 Å². The van der Waals surface area contributed by atoms with Gasteiger partial charge in [-0.15, -0.1) is 0 Å². The van der Waals surface area contributed by atoms with Crippen LogP contribution in [0.15, 0.2) is 47.0 Å². The van der Waals surface area contributed by atoms with Crippen molar-refractivity contribution in [3.05, 3.63) is 69.6 Å². The molecule has 0 radical (unpaired) electrons. The smallest absolute Gasteiger partial charge is 0.416 e. The summed E-state index contributed by atoms with van der Waals surface area (Å²) in [7, 11) is 0. The first kappa shape index (κ1) is 21.3. The Morgan fingerprint density at radius 3 is 2.72 bits per heavy atom. The molecule has 1 saturated carbocycles. The molecule has 0 unspecified atom stereocenters. The summed E-state index contributed by atoms with van der Waals surface area (Å²) in [6.07, 6.45) is -2.67. The number of hydrogen-bond acceptors (Lipinski definition) is 8. The van der Waals surface area contributed by atoms with E-state index >= 15 is 0 Å². The molecule has 0 saturated heterocycles. The summed E-state index contributed by atoms with van der Waals surface area (Å²) in [6.45, 7) is -0.458. The minimum Gasteiger partial charge on any atom is -0.452 e. The number of nitrogens with zero attached hydrogens (tertiary/aromatic N) is 3. The molecule has 0 atom stereocenters. The van der Waals surface area contributed by atoms with E-state index in [0.29, 0.717) is 5.69 Å². The van der Waals surface area contributed by atoms with E-state index in [4.69, 9.17) is 9.26 Å². The van der Waals surface area contributed by atoms with Crippen LogP contribution in [0, 0.1) is 10.1 Å². The molecule has 32 heavy (non-hydrogen) atoms. The van der Waals surface area contributed by atoms with Crippen LogP contribution in [0.1, 0.15) is 34.7 Å². The van der Waals surface area contributed by atoms with Gasteiger partial charge in [-0.25, -0.2) is 4.79 Å². The lowest BCUT2D eigenvalue weighted by molar-refractivity contribution is -0.384. The Balaban J connectivity index is 1.43. The topological polar surface area (TPSA) is 120 Å². The van der Waals surface area contributed by atoms with Crippen LogP contribution in [0.4, 0.5) is 24.5 Å². The highest BCUT2D eigenvalue weighted by atomic mass is 19.4. The van der Waals surface area contributed by atoms with Gasteiger partial charge < -0.3 is 14.6 Å². The van der Waals surface area contributed by atoms with Crippen molar-refractivity contribution in [1.82, 2.24) is 10.1 Å². The fraction of sp³-hybridized carbons (Fsp3) is 0.250. The molecule has 1 N–H and O–H groups in total. The van der Waals surface area contributed by atoms with Crippen LogP contribution in [0.5, 0.6) is 0 Å². The van der Waals surface area contributed by atoms with Gasteiger partial charge in [-0.3, -0.25) is 10.1 Å². The lowest BCUT2D eigenvalue weighted by Crippen LogP contribution is -2.08. The van der Waals surface area contributed by atoms with Crippen LogP contribution in [0.2, 0.25) is 0 Å². The molecule has 1 aromatic heterocycles. The largest absolute Gasteiger partial charge is 0.452 e. The van der Waals surface area contributed by atoms with Gasteiger partial charge in [0.15, 0.2) is 6.61 Å². The van der Waals surface area contributed by atoms with Gasteiger partial charge in [0.1, 0.15) is 5.69 Å². The lowest BCUT2D eigenvalue weighted by atomic mass is 10.1. The summed E-state index contributed by atoms with van der Waals surface area (Å²) in [5, 5.41) is 17.9. The summed E-state index contributed by atoms with van der Waals surface area (Å²) >= 11 is 0. The highest BCUT2D eigenvalue weighted by molar-refractivity contribution is 5.91. The highest BCUT2D eigenvalue weighted by Gasteiger charge is 2.31. The molecular weight excluding hydrogens is 433 g/mol. The molecule has 1 aliphatic carbocycles. The van der Waals surface area contributed by atoms with Crippen LogP contribution < -0.4 is 5.32 Å². The van der Waals surface area contributed by atoms with Crippen LogP contribution in [0.25, 0.3) is 11.4 Å². The number of alkyl halides is 3. The van der Waals surface area contributed by atoms with E-state index in [1.807, 2.05) is 0 Å². The van der Waals surface area contributed by atoms with Crippen LogP contribution in [-0.2, 0) is 17.5 Å². The molecule has 0 amide bonds. The van der Waals surface area contributed by atoms with Crippen molar-refractivity contribution < 1.29 is 32.1 Å². The number of esters is 1. The molecular formula is C20H15F3N4O5. The SMILES string of the molecule is O=C(OCc1nc(-c2cccc(C(F)(F)F)c2)no1)c1ccc(NC2CC2)c([N+](=O)[O-])c1. The van der Waals surface area contributed by atoms with Crippen molar-refractivity contribution in [2.75, 3.05) is 5.32 Å². The van der Waals surface area contributed by atoms with Crippen LogP contribution in [0.3, 0.4) is 0 Å². The van der Waals surface area contributed by atoms with Crippen molar-refractivity contribution in [3.8, 4) is 11.4 Å². The molecule has 9 nitrogen and oxygen atoms in total. The first-order valence-corrected chi connectivity index (χ1v) is 9.43. The Morgan fingerprint density at radius 2 is 2.03 bits per heavy atom. The number of nitro groups is 1. The standard InChI is InChI=1S/C20H15F3N4O5/c21-20(22,23)13-3-1-2-11(8-13)18-25-17(32-26-18)10-31-19(28)12-4-7-15(24-14-5-6-14)16(9-12)27(29)30/h1-4,7-9,14,24H,5-6,10H2. The second kappa shape index (κ2) is 8.29. The van der Waals surface area contributed by atoms with E-state index in [2.05, 4.69) is 15.5 Å². The Hall–Kier alpha value is -3.96. The first-order valence-electron chi connectivity index (χ1n) is 9.43. The van der Waals surface area contributed by atoms with E-state index in [-0.39, 0.29) is 34.6 Å². The maximum atomic E-state index is 12.9. The van der Waals surface area contributed by atoms with Gasteiger partial charge in [-0.2, -0.15) is 18.2 Å². The van der Waals surface area contributed by atoms with E-state index in [0.717, 1.165) is 31.0 Å². The minimum absolute atomic E-state index is 0.0457. The summed E-state index contributed by atoms with van der Waals surface area (Å²) in [5.41, 5.74) is -0.771. The number of carbonyl (C=O) groups excluding carboxylic acids is 1. The van der Waals surface area contributed by atoms with Gasteiger partial charge >= 0.3 is 12.1 Å². The second-order valence-corrected chi connectivity index (χ2v) is 7.07. The monoisotopic (exact) mass is 448 g/mol. The number of rotatable bonds is 7. The third-order valence-corrected chi connectivity index (χ3v) is 4.61. The molecule has 0 spiro atoms. The number of nitrogens with one attached hydrogen (secondary N) is 1. The molecule has 166 valence electrons. The maximum absolute atomic E-state index is 12.9. The number of ether oxygens (including phenoxy) is 1. The van der Waals surface area contributed by atoms with Crippen LogP contribution >= 0.6 is 0 Å². The van der Waals surface area contributed by atoms with Crippen LogP contribution in [-0.4, -0.2) is 27.1 Å². The number of carbonyl (C=O) groups is 1. The number of hydrogen-bond donors (Lipinski definition) is 1. The average molecular weight is 448 g/mol. The third-order valence-electron chi connectivity index (χ3n) is 4.61. The highest BCUT2D eigenvalue weighted by Crippen LogP contribution is 2.32. The van der Waals surface area contributed by atoms with Crippen molar-refractivity contribution in [3.63, 3.8) is 0 Å². The Bertz CT molecular complexity index is 1170. The predicted molar refractivity (Wildman–Crippen MR) is 104 cm³/mol. The predicted octanol–water partition coefficient (Wildman–Crippen LogP) is 4.59. The van der Waals surface area contributed by atoms with E-state index in [1.165, 1.54) is 24.3 Å². The lowest BCUT2D eigenvalue weighted by Gasteiger charge is -2.07. The second-order valence-electron chi connectivity index (χ2n) is 7.07. The van der Waals surface area contributed by atoms with Crippen molar-refractivity contribution >= 4 is 17.3 Å². The average Bonchev–Trinajstić information content (AvgIpc) is 3.44. The van der Waals surface area contributed by atoms with Crippen molar-refractivity contribution in [2.45, 2.75) is 31.7 Å². The number of nitro benzene ring substituents is 1. The zero-order chi connectivity index (χ0) is 22.9. The Labute approximate surface area is 178 Å². The van der Waals surface area contributed by atoms with Gasteiger partial charge in [0.05, 0.1) is 16.1 Å². The van der Waals surface area contributed by atoms with E-state index < -0.39 is 29.2 Å². The quantitative estimate of drug-likeness (QED) is 0.316. The fourth-order valence-electron chi connectivity index (χ4n) is 2.86. The molecule has 4 rings (SSSR count). The van der Waals surface area contributed by atoms with Crippen molar-refractivity contribution in [2.24, 2.45) is 0 Å². The zero-order valence-corrected chi connectivity index (χ0v) is 16.3. The summed E-state index contributed by atoms with van der Waals surface area (Å²) < 4.78 is 48.6. The zero-order valence-electron chi connectivity index (χ0n) is 16.3. The summed E-state index contributed by atoms with van der Waals surface area (Å²) in [6, 6.07) is 8.50. The van der Waals surface area contributed by atoms with E-state index in [9.17, 15) is 28.1 Å². The normalized spacial score (nSPS) is 13.6. The molecule has 12 heteroatoms. The molecule has 1 heterocycles. The third kappa shape index (κ3) is 4.85. The van der Waals surface area contributed by atoms with Gasteiger partial charge in [0.2, 0.25) is 5.82 Å². The molecule has 1 fully saturated rings. The molecule has 2 aromatic carbocycles. The molecule has 0 bridgehead atoms.